The van der Waals surface area contributed by atoms with E-state index in [4.69, 9.17) is 0 Å². The fraction of sp³-hybridized carbons (Fsp3) is 1.00. The molecule has 4 aliphatic rings. The lowest BCUT2D eigenvalue weighted by atomic mass is 9.45. The third-order valence-electron chi connectivity index (χ3n) is 8.59. The van der Waals surface area contributed by atoms with Gasteiger partial charge in [-0.05, 0) is 92.3 Å². The molecule has 0 aliphatic heterocycles. The average Bonchev–Trinajstić information content (AvgIpc) is 2.76. The maximum atomic E-state index is 10.5. The summed E-state index contributed by atoms with van der Waals surface area (Å²) in [5, 5.41) is 20.5. The molecule has 0 heterocycles. The Morgan fingerprint density at radius 1 is 0.762 bits per heavy atom. The van der Waals surface area contributed by atoms with E-state index in [1.54, 1.807) is 0 Å². The molecule has 0 aromatic carbocycles. The van der Waals surface area contributed by atoms with Crippen molar-refractivity contribution in [1.29, 1.82) is 0 Å². The van der Waals surface area contributed by atoms with Gasteiger partial charge in [0.1, 0.15) is 0 Å². The van der Waals surface area contributed by atoms with Crippen molar-refractivity contribution in [1.82, 2.24) is 0 Å². The van der Waals surface area contributed by atoms with Gasteiger partial charge in [-0.15, -0.1) is 0 Å². The molecule has 21 heavy (non-hydrogen) atoms. The van der Waals surface area contributed by atoms with Crippen LogP contribution < -0.4 is 0 Å². The highest BCUT2D eigenvalue weighted by molar-refractivity contribution is 5.09. The van der Waals surface area contributed by atoms with Gasteiger partial charge in [0.05, 0.1) is 12.2 Å². The fourth-order valence-corrected chi connectivity index (χ4v) is 7.21. The first-order valence-corrected chi connectivity index (χ1v) is 9.31. The summed E-state index contributed by atoms with van der Waals surface area (Å²) in [5.74, 6) is 3.21. The zero-order valence-corrected chi connectivity index (χ0v) is 13.7. The zero-order chi connectivity index (χ0) is 14.8. The van der Waals surface area contributed by atoms with Gasteiger partial charge in [0.15, 0.2) is 0 Å². The summed E-state index contributed by atoms with van der Waals surface area (Å²) >= 11 is 0. The number of aliphatic hydroxyl groups is 2. The molecule has 0 saturated heterocycles. The molecule has 6 unspecified atom stereocenters. The van der Waals surface area contributed by atoms with E-state index in [0.29, 0.717) is 5.41 Å². The van der Waals surface area contributed by atoms with Crippen LogP contribution in [-0.4, -0.2) is 22.4 Å². The maximum absolute atomic E-state index is 10.5. The zero-order valence-electron chi connectivity index (χ0n) is 13.7. The van der Waals surface area contributed by atoms with E-state index >= 15 is 0 Å². The topological polar surface area (TPSA) is 40.5 Å². The quantitative estimate of drug-likeness (QED) is 0.714. The number of hydrogen-bond acceptors (Lipinski definition) is 2. The summed E-state index contributed by atoms with van der Waals surface area (Å²) in [7, 11) is 0. The molecule has 8 atom stereocenters. The van der Waals surface area contributed by atoms with Gasteiger partial charge in [-0.1, -0.05) is 13.8 Å². The second-order valence-electron chi connectivity index (χ2n) is 9.22. The predicted octanol–water partition coefficient (Wildman–Crippen LogP) is 3.75. The Bertz CT molecular complexity index is 422. The normalized spacial score (nSPS) is 60.0. The summed E-state index contributed by atoms with van der Waals surface area (Å²) in [5.41, 5.74) is 0.676. The van der Waals surface area contributed by atoms with E-state index < -0.39 is 0 Å². The SMILES string of the molecule is CC12CC[C@@H](O)CC1CCC1C2CCC2(C)C1CC[C@@H]2O. The summed E-state index contributed by atoms with van der Waals surface area (Å²) in [6, 6.07) is 0. The second-order valence-corrected chi connectivity index (χ2v) is 9.22. The van der Waals surface area contributed by atoms with E-state index in [9.17, 15) is 10.2 Å². The Kier molecular flexibility index (Phi) is 3.25. The molecule has 120 valence electrons. The molecule has 0 aromatic heterocycles. The van der Waals surface area contributed by atoms with Crippen LogP contribution in [0.1, 0.15) is 71.6 Å². The van der Waals surface area contributed by atoms with Crippen molar-refractivity contribution in [2.24, 2.45) is 34.5 Å². The predicted molar refractivity (Wildman–Crippen MR) is 83.7 cm³/mol. The van der Waals surface area contributed by atoms with Gasteiger partial charge < -0.3 is 10.2 Å². The van der Waals surface area contributed by atoms with E-state index in [0.717, 1.165) is 42.9 Å². The Morgan fingerprint density at radius 2 is 1.48 bits per heavy atom. The standard InChI is InChI=1S/C19H32O2/c1-18-9-7-13(20)11-12(18)3-4-14-15-5-6-17(21)19(15,2)10-8-16(14)18/h12-17,20-21H,3-11H2,1-2H3/t12?,13-,14?,15?,16?,17+,18?,19?/m1/s1. The van der Waals surface area contributed by atoms with E-state index in [1.807, 2.05) is 0 Å². The van der Waals surface area contributed by atoms with E-state index in [1.165, 1.54) is 38.5 Å². The van der Waals surface area contributed by atoms with Crippen molar-refractivity contribution >= 4 is 0 Å². The van der Waals surface area contributed by atoms with Crippen LogP contribution in [-0.2, 0) is 0 Å². The van der Waals surface area contributed by atoms with Crippen molar-refractivity contribution in [3.8, 4) is 0 Å². The van der Waals surface area contributed by atoms with Gasteiger partial charge in [0, 0.05) is 0 Å². The third-order valence-corrected chi connectivity index (χ3v) is 8.59. The van der Waals surface area contributed by atoms with Crippen LogP contribution in [0.25, 0.3) is 0 Å². The maximum Gasteiger partial charge on any atom is 0.0596 e. The Labute approximate surface area is 129 Å². The molecular weight excluding hydrogens is 260 g/mol. The van der Waals surface area contributed by atoms with Crippen LogP contribution in [0.15, 0.2) is 0 Å². The monoisotopic (exact) mass is 292 g/mol. The number of rotatable bonds is 0. The highest BCUT2D eigenvalue weighted by Crippen LogP contribution is 2.66. The Balaban J connectivity index is 1.62. The van der Waals surface area contributed by atoms with E-state index in [2.05, 4.69) is 13.8 Å². The highest BCUT2D eigenvalue weighted by Gasteiger charge is 2.59. The van der Waals surface area contributed by atoms with Crippen molar-refractivity contribution in [2.75, 3.05) is 0 Å². The Hall–Kier alpha value is -0.0800. The van der Waals surface area contributed by atoms with Gasteiger partial charge in [-0.25, -0.2) is 0 Å². The lowest BCUT2D eigenvalue weighted by Gasteiger charge is -2.60. The van der Waals surface area contributed by atoms with Gasteiger partial charge in [-0.3, -0.25) is 0 Å². The molecule has 4 rings (SSSR count). The first kappa shape index (κ1) is 14.5. The van der Waals surface area contributed by atoms with Crippen LogP contribution in [0.2, 0.25) is 0 Å². The molecule has 4 fully saturated rings. The minimum absolute atomic E-state index is 0.0400. The first-order valence-electron chi connectivity index (χ1n) is 9.31. The minimum Gasteiger partial charge on any atom is -0.393 e. The number of aliphatic hydroxyl groups excluding tert-OH is 2. The highest BCUT2D eigenvalue weighted by atomic mass is 16.3. The summed E-state index contributed by atoms with van der Waals surface area (Å²) < 4.78 is 0. The van der Waals surface area contributed by atoms with Gasteiger partial charge >= 0.3 is 0 Å². The van der Waals surface area contributed by atoms with Crippen LogP contribution in [0.5, 0.6) is 0 Å². The smallest absolute Gasteiger partial charge is 0.0596 e. The van der Waals surface area contributed by atoms with Crippen LogP contribution in [0.3, 0.4) is 0 Å². The van der Waals surface area contributed by atoms with E-state index in [-0.39, 0.29) is 17.6 Å². The Morgan fingerprint density at radius 3 is 2.29 bits per heavy atom. The fourth-order valence-electron chi connectivity index (χ4n) is 7.21. The molecular formula is C19H32O2. The number of fused-ring (bicyclic) bond motifs is 5. The lowest BCUT2D eigenvalue weighted by molar-refractivity contribution is -0.133. The largest absolute Gasteiger partial charge is 0.393 e. The van der Waals surface area contributed by atoms with Gasteiger partial charge in [0.2, 0.25) is 0 Å². The summed E-state index contributed by atoms with van der Waals surface area (Å²) in [4.78, 5) is 0. The minimum atomic E-state index is -0.0536. The van der Waals surface area contributed by atoms with Crippen LogP contribution >= 0.6 is 0 Å². The van der Waals surface area contributed by atoms with Crippen molar-refractivity contribution in [3.63, 3.8) is 0 Å². The van der Waals surface area contributed by atoms with Crippen molar-refractivity contribution in [2.45, 2.75) is 83.8 Å². The van der Waals surface area contributed by atoms with Gasteiger partial charge in [-0.2, -0.15) is 0 Å². The molecule has 2 heteroatoms. The van der Waals surface area contributed by atoms with Crippen molar-refractivity contribution < 1.29 is 10.2 Å². The third kappa shape index (κ3) is 1.91. The number of hydrogen-bond donors (Lipinski definition) is 2. The molecule has 0 amide bonds. The average molecular weight is 292 g/mol. The van der Waals surface area contributed by atoms with Crippen LogP contribution in [0.4, 0.5) is 0 Å². The summed E-state index contributed by atoms with van der Waals surface area (Å²) in [6.07, 6.45) is 10.7. The molecule has 0 bridgehead atoms. The molecule has 4 saturated carbocycles. The lowest BCUT2D eigenvalue weighted by Crippen LogP contribution is -2.54. The molecule has 0 aromatic rings. The second kappa shape index (κ2) is 4.71. The first-order chi connectivity index (χ1) is 9.95. The molecule has 2 nitrogen and oxygen atoms in total. The van der Waals surface area contributed by atoms with Gasteiger partial charge in [0.25, 0.3) is 0 Å². The molecule has 2 N–H and O–H groups in total. The summed E-state index contributed by atoms with van der Waals surface area (Å²) in [6.45, 7) is 4.90. The van der Waals surface area contributed by atoms with Crippen molar-refractivity contribution in [3.05, 3.63) is 0 Å². The van der Waals surface area contributed by atoms with Crippen LogP contribution in [0, 0.1) is 34.5 Å². The molecule has 4 aliphatic carbocycles. The molecule has 0 radical (unpaired) electrons. The molecule has 0 spiro atoms.